The summed E-state index contributed by atoms with van der Waals surface area (Å²) in [6, 6.07) is 4.15. The van der Waals surface area contributed by atoms with E-state index in [0.29, 0.717) is 0 Å². The summed E-state index contributed by atoms with van der Waals surface area (Å²) in [4.78, 5) is 4.20. The Hall–Kier alpha value is -0.890. The Bertz CT molecular complexity index is 241. The molecule has 0 aliphatic carbocycles. The summed E-state index contributed by atoms with van der Waals surface area (Å²) in [6.07, 6.45) is 6.86. The number of ether oxygens (including phenoxy) is 1. The minimum atomic E-state index is 1.00. The van der Waals surface area contributed by atoms with Gasteiger partial charge >= 0.3 is 0 Å². The molecule has 1 aliphatic rings. The highest BCUT2D eigenvalue weighted by molar-refractivity contribution is 5.11. The summed E-state index contributed by atoms with van der Waals surface area (Å²) in [6.45, 7) is 10.2. The molecule has 1 fully saturated rings. The zero-order chi connectivity index (χ0) is 12.9. The van der Waals surface area contributed by atoms with E-state index in [1.165, 1.54) is 30.5 Å². The fraction of sp³-hybridized carbons (Fsp3) is 0.667. The van der Waals surface area contributed by atoms with Gasteiger partial charge in [0.25, 0.3) is 0 Å². The lowest BCUT2D eigenvalue weighted by atomic mass is 10.2. The fourth-order valence-electron chi connectivity index (χ4n) is 1.39. The minimum Gasteiger partial charge on any atom is -0.381 e. The predicted molar refractivity (Wildman–Crippen MR) is 74.4 cm³/mol. The fourth-order valence-corrected chi connectivity index (χ4v) is 1.39. The third kappa shape index (κ3) is 8.87. The molecule has 1 aromatic heterocycles. The van der Waals surface area contributed by atoms with Crippen molar-refractivity contribution in [3.8, 4) is 0 Å². The van der Waals surface area contributed by atoms with Crippen LogP contribution in [0.2, 0.25) is 0 Å². The predicted octanol–water partition coefficient (Wildman–Crippen LogP) is 4.17. The molecule has 0 aromatic carbocycles. The molecular weight excluding hydrogens is 210 g/mol. The van der Waals surface area contributed by atoms with Crippen LogP contribution in [0.4, 0.5) is 0 Å². The Kier molecular flexibility index (Phi) is 11.0. The van der Waals surface area contributed by atoms with Gasteiger partial charge in [0.15, 0.2) is 0 Å². The summed E-state index contributed by atoms with van der Waals surface area (Å²) >= 11 is 0. The van der Waals surface area contributed by atoms with E-state index in [9.17, 15) is 0 Å². The minimum absolute atomic E-state index is 1.00. The van der Waals surface area contributed by atoms with E-state index in [2.05, 4.69) is 24.0 Å². The molecular formula is C15H27NO. The number of pyridine rings is 1. The Morgan fingerprint density at radius 2 is 1.76 bits per heavy atom. The zero-order valence-electron chi connectivity index (χ0n) is 11.8. The number of hydrogen-bond acceptors (Lipinski definition) is 2. The monoisotopic (exact) mass is 237 g/mol. The van der Waals surface area contributed by atoms with Crippen LogP contribution in [0.15, 0.2) is 18.3 Å². The smallest absolute Gasteiger partial charge is 0.0466 e. The standard InChI is InChI=1S/C8H11N.C5H10O.C2H6/c1-3-8-5-4-7(2)6-9-8;1-2-4-6-5-3-1;1-2/h4-6H,3H2,1-2H3;1-5H2;1-2H3. The molecule has 17 heavy (non-hydrogen) atoms. The van der Waals surface area contributed by atoms with Crippen molar-refractivity contribution < 1.29 is 4.74 Å². The number of nitrogens with zero attached hydrogens (tertiary/aromatic N) is 1. The van der Waals surface area contributed by atoms with Crippen LogP contribution in [0.3, 0.4) is 0 Å². The van der Waals surface area contributed by atoms with Crippen LogP contribution in [0.1, 0.15) is 51.3 Å². The zero-order valence-corrected chi connectivity index (χ0v) is 11.8. The second-order valence-electron chi connectivity index (χ2n) is 3.85. The molecule has 0 N–H and O–H groups in total. The second-order valence-corrected chi connectivity index (χ2v) is 3.85. The number of hydrogen-bond donors (Lipinski definition) is 0. The molecule has 0 amide bonds. The molecule has 1 aromatic rings. The highest BCUT2D eigenvalue weighted by atomic mass is 16.5. The Labute approximate surface area is 106 Å². The third-order valence-corrected chi connectivity index (χ3v) is 2.41. The molecule has 0 spiro atoms. The largest absolute Gasteiger partial charge is 0.381 e. The average molecular weight is 237 g/mol. The van der Waals surface area contributed by atoms with Crippen molar-refractivity contribution in [3.63, 3.8) is 0 Å². The molecule has 0 saturated carbocycles. The van der Waals surface area contributed by atoms with Crippen molar-refractivity contribution in [2.24, 2.45) is 0 Å². The molecule has 0 atom stereocenters. The molecule has 2 heterocycles. The Morgan fingerprint density at radius 3 is 2.06 bits per heavy atom. The van der Waals surface area contributed by atoms with Gasteiger partial charge in [0.05, 0.1) is 0 Å². The van der Waals surface area contributed by atoms with Crippen LogP contribution in [0.5, 0.6) is 0 Å². The van der Waals surface area contributed by atoms with Gasteiger partial charge in [-0.2, -0.15) is 0 Å². The van der Waals surface area contributed by atoms with Crippen molar-refractivity contribution in [2.45, 2.75) is 53.4 Å². The summed E-state index contributed by atoms with van der Waals surface area (Å²) in [5.74, 6) is 0. The van der Waals surface area contributed by atoms with Crippen LogP contribution in [-0.2, 0) is 11.2 Å². The van der Waals surface area contributed by atoms with E-state index in [0.717, 1.165) is 19.6 Å². The first-order chi connectivity index (χ1) is 8.33. The van der Waals surface area contributed by atoms with Gasteiger partial charge in [-0.15, -0.1) is 0 Å². The first-order valence-electron chi connectivity index (χ1n) is 6.82. The number of aryl methyl sites for hydroxylation is 2. The Balaban J connectivity index is 0.000000278. The molecule has 1 aliphatic heterocycles. The van der Waals surface area contributed by atoms with Gasteiger partial charge < -0.3 is 4.74 Å². The topological polar surface area (TPSA) is 22.1 Å². The van der Waals surface area contributed by atoms with Gasteiger partial charge in [-0.25, -0.2) is 0 Å². The summed E-state index contributed by atoms with van der Waals surface area (Å²) in [7, 11) is 0. The molecule has 1 saturated heterocycles. The van der Waals surface area contributed by atoms with Crippen molar-refractivity contribution in [2.75, 3.05) is 13.2 Å². The molecule has 2 nitrogen and oxygen atoms in total. The highest BCUT2D eigenvalue weighted by Gasteiger charge is 1.95. The summed E-state index contributed by atoms with van der Waals surface area (Å²) < 4.78 is 5.07. The van der Waals surface area contributed by atoms with Gasteiger partial charge in [0.1, 0.15) is 0 Å². The van der Waals surface area contributed by atoms with Crippen molar-refractivity contribution in [1.82, 2.24) is 4.98 Å². The molecule has 0 bridgehead atoms. The maximum Gasteiger partial charge on any atom is 0.0466 e. The lowest BCUT2D eigenvalue weighted by Crippen LogP contribution is -2.03. The Morgan fingerprint density at radius 1 is 1.12 bits per heavy atom. The molecule has 2 rings (SSSR count). The maximum atomic E-state index is 5.07. The second kappa shape index (κ2) is 11.6. The van der Waals surface area contributed by atoms with Crippen molar-refractivity contribution >= 4 is 0 Å². The van der Waals surface area contributed by atoms with Crippen LogP contribution in [-0.4, -0.2) is 18.2 Å². The summed E-state index contributed by atoms with van der Waals surface area (Å²) in [5.41, 5.74) is 2.40. The average Bonchev–Trinajstić information content (AvgIpc) is 2.44. The van der Waals surface area contributed by atoms with Crippen LogP contribution < -0.4 is 0 Å². The molecule has 2 heteroatoms. The van der Waals surface area contributed by atoms with Crippen LogP contribution >= 0.6 is 0 Å². The van der Waals surface area contributed by atoms with E-state index in [-0.39, 0.29) is 0 Å². The SMILES string of the molecule is C1CCOCC1.CC.CCc1ccc(C)cn1. The van der Waals surface area contributed by atoms with Crippen LogP contribution in [0, 0.1) is 6.92 Å². The van der Waals surface area contributed by atoms with Crippen LogP contribution in [0.25, 0.3) is 0 Å². The molecule has 98 valence electrons. The van der Waals surface area contributed by atoms with Gasteiger partial charge in [-0.1, -0.05) is 26.8 Å². The number of aromatic nitrogens is 1. The van der Waals surface area contributed by atoms with E-state index in [1.807, 2.05) is 27.0 Å². The first-order valence-corrected chi connectivity index (χ1v) is 6.82. The molecule has 0 unspecified atom stereocenters. The number of rotatable bonds is 1. The highest BCUT2D eigenvalue weighted by Crippen LogP contribution is 2.02. The van der Waals surface area contributed by atoms with E-state index in [4.69, 9.17) is 4.74 Å². The molecule has 0 radical (unpaired) electrons. The van der Waals surface area contributed by atoms with Gasteiger partial charge in [0, 0.05) is 25.1 Å². The lowest BCUT2D eigenvalue weighted by Gasteiger charge is -2.08. The van der Waals surface area contributed by atoms with Gasteiger partial charge in [0.2, 0.25) is 0 Å². The third-order valence-electron chi connectivity index (χ3n) is 2.41. The lowest BCUT2D eigenvalue weighted by molar-refractivity contribution is 0.0968. The van der Waals surface area contributed by atoms with Gasteiger partial charge in [-0.3, -0.25) is 4.98 Å². The van der Waals surface area contributed by atoms with Crippen molar-refractivity contribution in [3.05, 3.63) is 29.6 Å². The van der Waals surface area contributed by atoms with Gasteiger partial charge in [-0.05, 0) is 44.2 Å². The van der Waals surface area contributed by atoms with E-state index < -0.39 is 0 Å². The van der Waals surface area contributed by atoms with E-state index in [1.54, 1.807) is 0 Å². The first kappa shape index (κ1) is 16.1. The quantitative estimate of drug-likeness (QED) is 0.731. The normalized spacial score (nSPS) is 13.9. The van der Waals surface area contributed by atoms with E-state index >= 15 is 0 Å². The van der Waals surface area contributed by atoms with Crippen molar-refractivity contribution in [1.29, 1.82) is 0 Å². The maximum absolute atomic E-state index is 5.07. The summed E-state index contributed by atoms with van der Waals surface area (Å²) in [5, 5.41) is 0.